The van der Waals surface area contributed by atoms with E-state index in [1.54, 1.807) is 36.9 Å². The molecule has 1 saturated heterocycles. The van der Waals surface area contributed by atoms with Crippen LogP contribution in [0.15, 0.2) is 23.1 Å². The van der Waals surface area contributed by atoms with Gasteiger partial charge in [0, 0.05) is 24.6 Å². The van der Waals surface area contributed by atoms with Gasteiger partial charge in [-0.05, 0) is 24.1 Å². The second-order valence-corrected chi connectivity index (χ2v) is 7.35. The summed E-state index contributed by atoms with van der Waals surface area (Å²) >= 11 is 1.78. The lowest BCUT2D eigenvalue weighted by molar-refractivity contribution is 0.280. The third kappa shape index (κ3) is 2.56. The second kappa shape index (κ2) is 5.61. The molecule has 1 aromatic carbocycles. The topological polar surface area (TPSA) is 57.6 Å². The van der Waals surface area contributed by atoms with Crippen molar-refractivity contribution < 1.29 is 13.5 Å². The van der Waals surface area contributed by atoms with E-state index >= 15 is 0 Å². The monoisotopic (exact) mass is 287 g/mol. The molecule has 18 heavy (non-hydrogen) atoms. The maximum atomic E-state index is 12.5. The number of nitrogens with zero attached hydrogens (tertiary/aromatic N) is 1. The summed E-state index contributed by atoms with van der Waals surface area (Å²) in [6, 6.07) is 5.05. The van der Waals surface area contributed by atoms with Crippen molar-refractivity contribution in [1.82, 2.24) is 4.31 Å². The predicted molar refractivity (Wildman–Crippen MR) is 73.2 cm³/mol. The van der Waals surface area contributed by atoms with Crippen LogP contribution in [0.2, 0.25) is 0 Å². The van der Waals surface area contributed by atoms with E-state index in [4.69, 9.17) is 0 Å². The number of aliphatic hydroxyl groups is 1. The average molecular weight is 287 g/mol. The van der Waals surface area contributed by atoms with Gasteiger partial charge in [0.1, 0.15) is 0 Å². The molecule has 0 unspecified atom stereocenters. The molecule has 2 rings (SSSR count). The number of hydrogen-bond acceptors (Lipinski definition) is 4. The van der Waals surface area contributed by atoms with Crippen molar-refractivity contribution in [2.45, 2.75) is 18.4 Å². The lowest BCUT2D eigenvalue weighted by Crippen LogP contribution is -2.38. The molecule has 1 N–H and O–H groups in total. The average Bonchev–Trinajstić information content (AvgIpc) is 2.40. The van der Waals surface area contributed by atoms with Gasteiger partial charge in [-0.1, -0.05) is 12.1 Å². The van der Waals surface area contributed by atoms with Crippen LogP contribution in [-0.4, -0.2) is 42.4 Å². The number of rotatable bonds is 3. The summed E-state index contributed by atoms with van der Waals surface area (Å²) in [5.74, 6) is 1.69. The minimum Gasteiger partial charge on any atom is -0.392 e. The van der Waals surface area contributed by atoms with E-state index in [2.05, 4.69) is 0 Å². The first kappa shape index (κ1) is 13.9. The second-order valence-electron chi connectivity index (χ2n) is 4.21. The molecule has 1 aromatic rings. The van der Waals surface area contributed by atoms with Crippen molar-refractivity contribution in [2.75, 3.05) is 24.6 Å². The first-order valence-electron chi connectivity index (χ1n) is 5.84. The number of benzene rings is 1. The lowest BCUT2D eigenvalue weighted by Gasteiger charge is -2.26. The molecular weight excluding hydrogens is 270 g/mol. The Morgan fingerprint density at radius 1 is 1.33 bits per heavy atom. The van der Waals surface area contributed by atoms with Crippen LogP contribution in [0.5, 0.6) is 0 Å². The van der Waals surface area contributed by atoms with Gasteiger partial charge in [0.05, 0.1) is 11.5 Å². The zero-order valence-corrected chi connectivity index (χ0v) is 11.9. The van der Waals surface area contributed by atoms with Crippen molar-refractivity contribution in [3.63, 3.8) is 0 Å². The third-order valence-electron chi connectivity index (χ3n) is 3.15. The van der Waals surface area contributed by atoms with E-state index in [1.165, 1.54) is 4.31 Å². The standard InChI is InChI=1S/C12H17NO3S2/c1-10-11(9-14)3-2-4-12(10)18(15,16)13-5-7-17-8-6-13/h2-4,14H,5-9H2,1H3. The SMILES string of the molecule is Cc1c(CO)cccc1S(=O)(=O)N1CCSCC1. The van der Waals surface area contributed by atoms with Gasteiger partial charge >= 0.3 is 0 Å². The Morgan fingerprint density at radius 2 is 2.00 bits per heavy atom. The highest BCUT2D eigenvalue weighted by Crippen LogP contribution is 2.24. The van der Waals surface area contributed by atoms with Crippen molar-refractivity contribution in [1.29, 1.82) is 0 Å². The first-order valence-corrected chi connectivity index (χ1v) is 8.44. The molecule has 6 heteroatoms. The van der Waals surface area contributed by atoms with E-state index in [0.717, 1.165) is 11.5 Å². The Balaban J connectivity index is 2.40. The van der Waals surface area contributed by atoms with Crippen LogP contribution in [0.25, 0.3) is 0 Å². The molecule has 0 atom stereocenters. The van der Waals surface area contributed by atoms with E-state index < -0.39 is 10.0 Å². The van der Waals surface area contributed by atoms with E-state index in [0.29, 0.717) is 29.1 Å². The Bertz CT molecular complexity index is 522. The van der Waals surface area contributed by atoms with Gasteiger partial charge < -0.3 is 5.11 Å². The third-order valence-corrected chi connectivity index (χ3v) is 6.14. The van der Waals surface area contributed by atoms with Crippen LogP contribution in [0, 0.1) is 6.92 Å². The molecule has 1 fully saturated rings. The van der Waals surface area contributed by atoms with E-state index in [9.17, 15) is 13.5 Å². The maximum Gasteiger partial charge on any atom is 0.243 e. The van der Waals surface area contributed by atoms with Crippen LogP contribution in [0.4, 0.5) is 0 Å². The highest BCUT2D eigenvalue weighted by molar-refractivity contribution is 7.99. The minimum atomic E-state index is -3.42. The molecule has 0 aromatic heterocycles. The van der Waals surface area contributed by atoms with Gasteiger partial charge in [-0.2, -0.15) is 16.1 Å². The van der Waals surface area contributed by atoms with Gasteiger partial charge in [0.25, 0.3) is 0 Å². The first-order chi connectivity index (χ1) is 8.57. The molecule has 0 aliphatic carbocycles. The molecule has 0 saturated carbocycles. The van der Waals surface area contributed by atoms with Crippen molar-refractivity contribution in [3.05, 3.63) is 29.3 Å². The van der Waals surface area contributed by atoms with Crippen LogP contribution in [0.1, 0.15) is 11.1 Å². The lowest BCUT2D eigenvalue weighted by atomic mass is 10.1. The van der Waals surface area contributed by atoms with Gasteiger partial charge in [-0.25, -0.2) is 8.42 Å². The summed E-state index contributed by atoms with van der Waals surface area (Å²) in [6.45, 7) is 2.74. The molecule has 0 spiro atoms. The van der Waals surface area contributed by atoms with Gasteiger partial charge in [-0.3, -0.25) is 0 Å². The molecule has 4 nitrogen and oxygen atoms in total. The fourth-order valence-corrected chi connectivity index (χ4v) is 4.88. The van der Waals surface area contributed by atoms with Crippen LogP contribution in [0.3, 0.4) is 0 Å². The molecule has 1 heterocycles. The fraction of sp³-hybridized carbons (Fsp3) is 0.500. The summed E-state index contributed by atoms with van der Waals surface area (Å²) in [7, 11) is -3.42. The van der Waals surface area contributed by atoms with Crippen LogP contribution >= 0.6 is 11.8 Å². The molecule has 0 amide bonds. The van der Waals surface area contributed by atoms with Gasteiger partial charge in [0.2, 0.25) is 10.0 Å². The van der Waals surface area contributed by atoms with Crippen LogP contribution in [-0.2, 0) is 16.6 Å². The quantitative estimate of drug-likeness (QED) is 0.908. The summed E-state index contributed by atoms with van der Waals surface area (Å²) in [6.07, 6.45) is 0. The number of thioether (sulfide) groups is 1. The largest absolute Gasteiger partial charge is 0.392 e. The number of aliphatic hydroxyl groups excluding tert-OH is 1. The summed E-state index contributed by atoms with van der Waals surface area (Å²) in [5.41, 5.74) is 1.32. The van der Waals surface area contributed by atoms with Gasteiger partial charge in [0.15, 0.2) is 0 Å². The number of sulfonamides is 1. The fourth-order valence-electron chi connectivity index (χ4n) is 2.04. The Hall–Kier alpha value is -0.560. The molecule has 1 aliphatic heterocycles. The molecule has 1 aliphatic rings. The zero-order valence-electron chi connectivity index (χ0n) is 10.3. The smallest absolute Gasteiger partial charge is 0.243 e. The molecule has 0 radical (unpaired) electrons. The normalized spacial score (nSPS) is 17.9. The summed E-state index contributed by atoms with van der Waals surface area (Å²) < 4.78 is 26.6. The predicted octanol–water partition coefficient (Wildman–Crippen LogP) is 1.22. The summed E-state index contributed by atoms with van der Waals surface area (Å²) in [5, 5.41) is 9.21. The Morgan fingerprint density at radius 3 is 2.61 bits per heavy atom. The molecule has 0 bridgehead atoms. The zero-order chi connectivity index (χ0) is 13.2. The highest BCUT2D eigenvalue weighted by atomic mass is 32.2. The maximum absolute atomic E-state index is 12.5. The van der Waals surface area contributed by atoms with Crippen molar-refractivity contribution >= 4 is 21.8 Å². The number of hydrogen-bond donors (Lipinski definition) is 1. The van der Waals surface area contributed by atoms with Crippen LogP contribution < -0.4 is 0 Å². The molecular formula is C12H17NO3S2. The van der Waals surface area contributed by atoms with Crippen molar-refractivity contribution in [2.24, 2.45) is 0 Å². The Labute approximate surface area is 112 Å². The Kier molecular flexibility index (Phi) is 4.32. The summed E-state index contributed by atoms with van der Waals surface area (Å²) in [4.78, 5) is 0.320. The van der Waals surface area contributed by atoms with Gasteiger partial charge in [-0.15, -0.1) is 0 Å². The van der Waals surface area contributed by atoms with Crippen molar-refractivity contribution in [3.8, 4) is 0 Å². The minimum absolute atomic E-state index is 0.134. The van der Waals surface area contributed by atoms with E-state index in [-0.39, 0.29) is 6.61 Å². The van der Waals surface area contributed by atoms with E-state index in [1.807, 2.05) is 0 Å². The molecule has 100 valence electrons. The highest BCUT2D eigenvalue weighted by Gasteiger charge is 2.27.